The highest BCUT2D eigenvalue weighted by Crippen LogP contribution is 2.31. The van der Waals surface area contributed by atoms with Crippen LogP contribution in [0, 0.1) is 0 Å². The summed E-state index contributed by atoms with van der Waals surface area (Å²) in [5, 5.41) is 10.3. The zero-order chi connectivity index (χ0) is 16.1. The third-order valence-electron chi connectivity index (χ3n) is 4.59. The molecule has 1 N–H and O–H groups in total. The summed E-state index contributed by atoms with van der Waals surface area (Å²) in [6.45, 7) is 3.60. The van der Waals surface area contributed by atoms with Crippen molar-refractivity contribution in [1.29, 1.82) is 0 Å². The molecule has 3 rings (SSSR count). The minimum atomic E-state index is -0.450. The smallest absolute Gasteiger partial charge is 0.0900 e. The number of hydrogen-bond acceptors (Lipinski definition) is 5. The highest BCUT2D eigenvalue weighted by atomic mass is 79.9. The molecule has 0 spiro atoms. The van der Waals surface area contributed by atoms with Crippen LogP contribution in [0.1, 0.15) is 37.4 Å². The molecule has 3 heterocycles. The molecule has 0 aliphatic carbocycles. The quantitative estimate of drug-likeness (QED) is 0.816. The fourth-order valence-electron chi connectivity index (χ4n) is 3.38. The molecule has 0 amide bonds. The van der Waals surface area contributed by atoms with E-state index in [1.807, 2.05) is 12.3 Å². The molecule has 0 unspecified atom stereocenters. The Kier molecular flexibility index (Phi) is 6.42. The van der Waals surface area contributed by atoms with Crippen molar-refractivity contribution < 1.29 is 14.6 Å². The van der Waals surface area contributed by atoms with Crippen molar-refractivity contribution in [3.8, 4) is 0 Å². The zero-order valence-corrected chi connectivity index (χ0v) is 15.0. The maximum absolute atomic E-state index is 10.3. The largest absolute Gasteiger partial charge is 0.389 e. The van der Waals surface area contributed by atoms with Gasteiger partial charge in [-0.3, -0.25) is 9.88 Å². The van der Waals surface area contributed by atoms with Gasteiger partial charge in [0, 0.05) is 30.4 Å². The van der Waals surface area contributed by atoms with Crippen molar-refractivity contribution in [1.82, 2.24) is 9.88 Å². The Labute approximate surface area is 146 Å². The van der Waals surface area contributed by atoms with Crippen LogP contribution in [0.2, 0.25) is 0 Å². The number of rotatable bonds is 6. The van der Waals surface area contributed by atoms with Crippen molar-refractivity contribution in [2.45, 2.75) is 43.9 Å². The van der Waals surface area contributed by atoms with Gasteiger partial charge in [-0.1, -0.05) is 0 Å². The van der Waals surface area contributed by atoms with Gasteiger partial charge in [-0.15, -0.1) is 0 Å². The lowest BCUT2D eigenvalue weighted by molar-refractivity contribution is -0.0647. The van der Waals surface area contributed by atoms with Gasteiger partial charge in [0.2, 0.25) is 0 Å². The van der Waals surface area contributed by atoms with Crippen LogP contribution < -0.4 is 0 Å². The first kappa shape index (κ1) is 17.3. The Hall–Kier alpha value is -0.530. The molecule has 0 saturated carbocycles. The molecule has 2 aliphatic rings. The first-order chi connectivity index (χ1) is 11.2. The lowest BCUT2D eigenvalue weighted by atomic mass is 10.1. The number of β-amino-alcohol motifs (C(OH)–C–C–N with tert-alkyl or cyclic N) is 1. The summed E-state index contributed by atoms with van der Waals surface area (Å²) in [6, 6.07) is 4.41. The topological polar surface area (TPSA) is 54.8 Å². The van der Waals surface area contributed by atoms with E-state index in [1.165, 1.54) is 0 Å². The van der Waals surface area contributed by atoms with Crippen LogP contribution in [-0.4, -0.2) is 60.1 Å². The summed E-state index contributed by atoms with van der Waals surface area (Å²) < 4.78 is 12.2. The predicted molar refractivity (Wildman–Crippen MR) is 91.3 cm³/mol. The van der Waals surface area contributed by atoms with Crippen molar-refractivity contribution in [2.24, 2.45) is 0 Å². The van der Waals surface area contributed by atoms with E-state index in [0.717, 1.165) is 55.6 Å². The van der Waals surface area contributed by atoms with Gasteiger partial charge in [-0.25, -0.2) is 0 Å². The average molecular weight is 385 g/mol. The molecule has 2 saturated heterocycles. The number of ether oxygens (including phenoxy) is 2. The molecule has 0 radical (unpaired) electrons. The second kappa shape index (κ2) is 8.53. The van der Waals surface area contributed by atoms with Crippen LogP contribution in [0.4, 0.5) is 0 Å². The second-order valence-corrected chi connectivity index (χ2v) is 7.27. The predicted octanol–water partition coefficient (Wildman–Crippen LogP) is 2.54. The Morgan fingerprint density at radius 1 is 1.35 bits per heavy atom. The highest BCUT2D eigenvalue weighted by molar-refractivity contribution is 9.10. The van der Waals surface area contributed by atoms with Crippen LogP contribution >= 0.6 is 15.9 Å². The monoisotopic (exact) mass is 384 g/mol. The number of likely N-dealkylation sites (tertiary alicyclic amines) is 1. The number of aliphatic hydroxyl groups excluding tert-OH is 1. The first-order valence-corrected chi connectivity index (χ1v) is 9.24. The first-order valence-electron chi connectivity index (χ1n) is 8.45. The third kappa shape index (κ3) is 4.97. The van der Waals surface area contributed by atoms with E-state index in [2.05, 4.69) is 31.9 Å². The lowest BCUT2D eigenvalue weighted by Gasteiger charge is -2.28. The molecule has 6 heteroatoms. The molecular weight excluding hydrogens is 360 g/mol. The average Bonchev–Trinajstić information content (AvgIpc) is 3.03. The van der Waals surface area contributed by atoms with Crippen molar-refractivity contribution in [2.75, 3.05) is 32.9 Å². The number of hydrogen-bond donors (Lipinski definition) is 1. The van der Waals surface area contributed by atoms with E-state index in [4.69, 9.17) is 9.47 Å². The minimum Gasteiger partial charge on any atom is -0.389 e. The summed E-state index contributed by atoms with van der Waals surface area (Å²) in [5.41, 5.74) is 1.09. The molecule has 1 aromatic rings. The van der Waals surface area contributed by atoms with Crippen LogP contribution in [0.3, 0.4) is 0 Å². The van der Waals surface area contributed by atoms with Crippen molar-refractivity contribution >= 4 is 15.9 Å². The van der Waals surface area contributed by atoms with Gasteiger partial charge in [-0.2, -0.15) is 0 Å². The Morgan fingerprint density at radius 2 is 2.17 bits per heavy atom. The molecule has 2 aliphatic heterocycles. The van der Waals surface area contributed by atoms with E-state index in [0.29, 0.717) is 19.2 Å². The molecule has 23 heavy (non-hydrogen) atoms. The standard InChI is InChI=1S/C17H25BrN2O3/c18-13-3-4-16(19-10-13)17-2-1-7-20(17)11-14(21)12-23-15-5-8-22-9-6-15/h3-4,10,14-15,17,21H,1-2,5-9,11-12H2/t14-,17-/m1/s1. The summed E-state index contributed by atoms with van der Waals surface area (Å²) in [6.07, 6.45) is 5.74. The summed E-state index contributed by atoms with van der Waals surface area (Å²) in [4.78, 5) is 6.85. The second-order valence-electron chi connectivity index (χ2n) is 6.35. The summed E-state index contributed by atoms with van der Waals surface area (Å²) in [5.74, 6) is 0. The molecule has 128 valence electrons. The molecule has 0 aromatic carbocycles. The Bertz CT molecular complexity index is 479. The van der Waals surface area contributed by atoms with Crippen LogP contribution in [0.5, 0.6) is 0 Å². The number of nitrogens with zero attached hydrogens (tertiary/aromatic N) is 2. The molecule has 2 atom stereocenters. The molecule has 0 bridgehead atoms. The molecule has 2 fully saturated rings. The molecule has 5 nitrogen and oxygen atoms in total. The molecule has 1 aromatic heterocycles. The molecular formula is C17H25BrN2O3. The van der Waals surface area contributed by atoms with Gasteiger partial charge in [0.15, 0.2) is 0 Å². The summed E-state index contributed by atoms with van der Waals surface area (Å²) >= 11 is 3.43. The number of pyridine rings is 1. The minimum absolute atomic E-state index is 0.237. The number of aliphatic hydroxyl groups is 1. The van der Waals surface area contributed by atoms with Gasteiger partial charge in [-0.05, 0) is 60.3 Å². The van der Waals surface area contributed by atoms with E-state index in [-0.39, 0.29) is 6.10 Å². The van der Waals surface area contributed by atoms with Gasteiger partial charge < -0.3 is 14.6 Å². The van der Waals surface area contributed by atoms with Crippen LogP contribution in [-0.2, 0) is 9.47 Å². The van der Waals surface area contributed by atoms with E-state index in [9.17, 15) is 5.11 Å². The van der Waals surface area contributed by atoms with E-state index in [1.54, 1.807) is 0 Å². The van der Waals surface area contributed by atoms with Gasteiger partial charge in [0.25, 0.3) is 0 Å². The Morgan fingerprint density at radius 3 is 2.91 bits per heavy atom. The SMILES string of the molecule is O[C@@H](COC1CCOCC1)CN1CCC[C@@H]1c1ccc(Br)cn1. The maximum atomic E-state index is 10.3. The fraction of sp³-hybridized carbons (Fsp3) is 0.706. The number of aromatic nitrogens is 1. The Balaban J connectivity index is 1.48. The maximum Gasteiger partial charge on any atom is 0.0900 e. The highest BCUT2D eigenvalue weighted by Gasteiger charge is 2.28. The van der Waals surface area contributed by atoms with Gasteiger partial charge in [0.05, 0.1) is 30.6 Å². The number of halogens is 1. The van der Waals surface area contributed by atoms with Gasteiger partial charge in [0.1, 0.15) is 0 Å². The van der Waals surface area contributed by atoms with Crippen LogP contribution in [0.25, 0.3) is 0 Å². The normalized spacial score (nSPS) is 24.9. The van der Waals surface area contributed by atoms with Crippen LogP contribution in [0.15, 0.2) is 22.8 Å². The van der Waals surface area contributed by atoms with Crippen molar-refractivity contribution in [3.63, 3.8) is 0 Å². The van der Waals surface area contributed by atoms with E-state index >= 15 is 0 Å². The van der Waals surface area contributed by atoms with Crippen molar-refractivity contribution in [3.05, 3.63) is 28.5 Å². The van der Waals surface area contributed by atoms with Gasteiger partial charge >= 0.3 is 0 Å². The zero-order valence-electron chi connectivity index (χ0n) is 13.4. The summed E-state index contributed by atoms with van der Waals surface area (Å²) in [7, 11) is 0. The fourth-order valence-corrected chi connectivity index (χ4v) is 3.61. The van der Waals surface area contributed by atoms with E-state index < -0.39 is 6.10 Å². The lowest BCUT2D eigenvalue weighted by Crippen LogP contribution is -2.36. The third-order valence-corrected chi connectivity index (χ3v) is 5.06.